The number of benzene rings is 2. The summed E-state index contributed by atoms with van der Waals surface area (Å²) in [7, 11) is 0. The van der Waals surface area contributed by atoms with Crippen molar-refractivity contribution in [1.82, 2.24) is 10.1 Å². The zero-order valence-corrected chi connectivity index (χ0v) is 15.7. The number of ether oxygens (including phenoxy) is 2. The average molecular weight is 434 g/mol. The molecule has 4 rings (SSSR count). The van der Waals surface area contributed by atoms with E-state index in [9.17, 15) is 4.79 Å². The molecular formula is C17H12BrN3O4S. The van der Waals surface area contributed by atoms with Crippen LogP contribution in [0, 0.1) is 0 Å². The molecule has 1 aromatic heterocycles. The fourth-order valence-electron chi connectivity index (χ4n) is 2.31. The molecule has 1 amide bonds. The fourth-order valence-corrected chi connectivity index (χ4v) is 3.28. The van der Waals surface area contributed by atoms with Crippen molar-refractivity contribution >= 4 is 39.3 Å². The highest BCUT2D eigenvalue weighted by molar-refractivity contribution is 9.10. The number of fused-ring (bicyclic) bond motifs is 1. The molecule has 0 radical (unpaired) electrons. The number of hydrogen-bond acceptors (Lipinski definition) is 7. The van der Waals surface area contributed by atoms with Gasteiger partial charge < -0.3 is 19.3 Å². The number of anilines is 1. The van der Waals surface area contributed by atoms with Gasteiger partial charge in [0.05, 0.1) is 5.75 Å². The van der Waals surface area contributed by atoms with E-state index in [4.69, 9.17) is 14.0 Å². The molecule has 2 heterocycles. The van der Waals surface area contributed by atoms with Crippen LogP contribution in [0.4, 0.5) is 5.69 Å². The number of carbonyl (C=O) groups is 1. The first-order valence-electron chi connectivity index (χ1n) is 7.59. The quantitative estimate of drug-likeness (QED) is 0.609. The number of halogens is 1. The lowest BCUT2D eigenvalue weighted by molar-refractivity contribution is -0.113. The Balaban J connectivity index is 1.35. The number of rotatable bonds is 5. The summed E-state index contributed by atoms with van der Waals surface area (Å²) in [5.41, 5.74) is 1.45. The minimum absolute atomic E-state index is 0.159. The van der Waals surface area contributed by atoms with Crippen LogP contribution in [0.2, 0.25) is 0 Å². The lowest BCUT2D eigenvalue weighted by Crippen LogP contribution is -2.14. The van der Waals surface area contributed by atoms with Crippen LogP contribution in [0.15, 0.2) is 56.6 Å². The van der Waals surface area contributed by atoms with Gasteiger partial charge in [-0.2, -0.15) is 4.98 Å². The van der Waals surface area contributed by atoms with Gasteiger partial charge in [-0.25, -0.2) is 0 Å². The van der Waals surface area contributed by atoms with E-state index in [-0.39, 0.29) is 18.5 Å². The third-order valence-corrected chi connectivity index (χ3v) is 4.79. The van der Waals surface area contributed by atoms with Crippen LogP contribution in [-0.2, 0) is 4.79 Å². The summed E-state index contributed by atoms with van der Waals surface area (Å²) in [4.78, 5) is 16.4. The van der Waals surface area contributed by atoms with Crippen molar-refractivity contribution in [1.29, 1.82) is 0 Å². The highest BCUT2D eigenvalue weighted by Crippen LogP contribution is 2.34. The molecule has 1 aliphatic rings. The predicted octanol–water partition coefficient (Wildman–Crippen LogP) is 3.96. The number of nitrogens with zero attached hydrogens (tertiary/aromatic N) is 2. The van der Waals surface area contributed by atoms with Gasteiger partial charge >= 0.3 is 0 Å². The number of carbonyl (C=O) groups excluding carboxylic acids is 1. The second kappa shape index (κ2) is 7.38. The molecule has 1 aliphatic heterocycles. The van der Waals surface area contributed by atoms with Crippen molar-refractivity contribution in [2.24, 2.45) is 0 Å². The van der Waals surface area contributed by atoms with Crippen LogP contribution >= 0.6 is 27.7 Å². The van der Waals surface area contributed by atoms with Gasteiger partial charge in [0.25, 0.3) is 5.89 Å². The number of thioether (sulfide) groups is 1. The topological polar surface area (TPSA) is 86.5 Å². The van der Waals surface area contributed by atoms with Crippen LogP contribution in [0.5, 0.6) is 11.5 Å². The summed E-state index contributed by atoms with van der Waals surface area (Å²) in [6, 6.07) is 12.8. The summed E-state index contributed by atoms with van der Waals surface area (Å²) in [6.07, 6.45) is 0. The third kappa shape index (κ3) is 3.83. The van der Waals surface area contributed by atoms with E-state index in [1.807, 2.05) is 24.3 Å². The first-order valence-corrected chi connectivity index (χ1v) is 9.37. The van der Waals surface area contributed by atoms with Crippen molar-refractivity contribution < 1.29 is 18.8 Å². The van der Waals surface area contributed by atoms with Gasteiger partial charge in [-0.15, -0.1) is 0 Å². The van der Waals surface area contributed by atoms with Gasteiger partial charge in [-0.05, 0) is 35.5 Å². The molecule has 0 saturated heterocycles. The van der Waals surface area contributed by atoms with Gasteiger partial charge in [0, 0.05) is 21.8 Å². The van der Waals surface area contributed by atoms with E-state index in [1.165, 1.54) is 11.8 Å². The van der Waals surface area contributed by atoms with Crippen molar-refractivity contribution in [3.05, 3.63) is 46.9 Å². The zero-order chi connectivity index (χ0) is 17.9. The van der Waals surface area contributed by atoms with E-state index in [1.54, 1.807) is 18.2 Å². The van der Waals surface area contributed by atoms with E-state index >= 15 is 0 Å². The first-order chi connectivity index (χ1) is 12.7. The predicted molar refractivity (Wildman–Crippen MR) is 99.4 cm³/mol. The molecule has 0 atom stereocenters. The van der Waals surface area contributed by atoms with Crippen LogP contribution in [-0.4, -0.2) is 28.6 Å². The van der Waals surface area contributed by atoms with Gasteiger partial charge in [0.1, 0.15) is 0 Å². The molecule has 0 aliphatic carbocycles. The Morgan fingerprint density at radius 3 is 2.96 bits per heavy atom. The molecule has 0 spiro atoms. The molecule has 7 nitrogen and oxygen atoms in total. The van der Waals surface area contributed by atoms with Crippen molar-refractivity contribution in [2.45, 2.75) is 5.16 Å². The smallest absolute Gasteiger partial charge is 0.258 e. The number of hydrogen-bond donors (Lipinski definition) is 1. The Labute approximate surface area is 161 Å². The maximum Gasteiger partial charge on any atom is 0.258 e. The van der Waals surface area contributed by atoms with Crippen LogP contribution < -0.4 is 14.8 Å². The Hall–Kier alpha value is -2.52. The highest BCUT2D eigenvalue weighted by atomic mass is 79.9. The van der Waals surface area contributed by atoms with E-state index < -0.39 is 0 Å². The van der Waals surface area contributed by atoms with Gasteiger partial charge in [-0.1, -0.05) is 33.8 Å². The largest absolute Gasteiger partial charge is 0.454 e. The molecule has 0 unspecified atom stereocenters. The first kappa shape index (κ1) is 16.9. The molecule has 26 heavy (non-hydrogen) atoms. The average Bonchev–Trinajstić information content (AvgIpc) is 3.29. The summed E-state index contributed by atoms with van der Waals surface area (Å²) in [6.45, 7) is 0.195. The SMILES string of the molecule is O=C(CSc1noc(-c2cccc(Br)c2)n1)Nc1ccc2c(c1)OCO2. The van der Waals surface area contributed by atoms with E-state index in [0.29, 0.717) is 28.2 Å². The summed E-state index contributed by atoms with van der Waals surface area (Å²) in [5.74, 6) is 1.68. The fraction of sp³-hybridized carbons (Fsp3) is 0.118. The van der Waals surface area contributed by atoms with E-state index in [2.05, 4.69) is 31.4 Å². The maximum atomic E-state index is 12.1. The highest BCUT2D eigenvalue weighted by Gasteiger charge is 2.15. The Kier molecular flexibility index (Phi) is 4.81. The normalized spacial score (nSPS) is 12.2. The van der Waals surface area contributed by atoms with E-state index in [0.717, 1.165) is 10.0 Å². The Morgan fingerprint density at radius 2 is 2.08 bits per heavy atom. The minimum atomic E-state index is -0.178. The second-order valence-electron chi connectivity index (χ2n) is 5.30. The molecule has 1 N–H and O–H groups in total. The minimum Gasteiger partial charge on any atom is -0.454 e. The Morgan fingerprint density at radius 1 is 1.19 bits per heavy atom. The van der Waals surface area contributed by atoms with Crippen molar-refractivity contribution in [3.8, 4) is 23.0 Å². The molecule has 132 valence electrons. The van der Waals surface area contributed by atoms with Crippen LogP contribution in [0.25, 0.3) is 11.5 Å². The molecule has 9 heteroatoms. The van der Waals surface area contributed by atoms with Gasteiger partial charge in [-0.3, -0.25) is 4.79 Å². The number of nitrogens with one attached hydrogen (secondary N) is 1. The van der Waals surface area contributed by atoms with Gasteiger partial charge in [0.15, 0.2) is 11.5 Å². The molecule has 0 bridgehead atoms. The third-order valence-electron chi connectivity index (χ3n) is 3.47. The van der Waals surface area contributed by atoms with Gasteiger partial charge in [0.2, 0.25) is 17.9 Å². The number of aromatic nitrogens is 2. The summed E-state index contributed by atoms with van der Waals surface area (Å²) in [5, 5.41) is 7.10. The maximum absolute atomic E-state index is 12.1. The van der Waals surface area contributed by atoms with Crippen LogP contribution in [0.1, 0.15) is 0 Å². The molecule has 0 saturated carbocycles. The molecule has 0 fully saturated rings. The lowest BCUT2D eigenvalue weighted by Gasteiger charge is -2.05. The standard InChI is InChI=1S/C17H12BrN3O4S/c18-11-3-1-2-10(6-11)16-20-17(21-25-16)26-8-15(22)19-12-4-5-13-14(7-12)24-9-23-13/h1-7H,8-9H2,(H,19,22). The molecule has 3 aromatic rings. The summed E-state index contributed by atoms with van der Waals surface area (Å²) >= 11 is 4.60. The zero-order valence-electron chi connectivity index (χ0n) is 13.3. The lowest BCUT2D eigenvalue weighted by atomic mass is 10.2. The number of amides is 1. The monoisotopic (exact) mass is 433 g/mol. The Bertz CT molecular complexity index is 963. The molecule has 2 aromatic carbocycles. The van der Waals surface area contributed by atoms with Crippen LogP contribution in [0.3, 0.4) is 0 Å². The van der Waals surface area contributed by atoms with Crippen molar-refractivity contribution in [3.63, 3.8) is 0 Å². The second-order valence-corrected chi connectivity index (χ2v) is 7.16. The molecular weight excluding hydrogens is 422 g/mol. The summed E-state index contributed by atoms with van der Waals surface area (Å²) < 4.78 is 16.7. The van der Waals surface area contributed by atoms with Crippen molar-refractivity contribution in [2.75, 3.05) is 17.9 Å².